The van der Waals surface area contributed by atoms with E-state index in [1.165, 1.54) is 30.7 Å². The number of hydrogen-bond donors (Lipinski definition) is 0. The van der Waals surface area contributed by atoms with Crippen molar-refractivity contribution in [2.45, 2.75) is 100 Å². The van der Waals surface area contributed by atoms with Crippen molar-refractivity contribution < 1.29 is 92.1 Å². The van der Waals surface area contributed by atoms with Gasteiger partial charge in [0.25, 0.3) is 11.9 Å². The minimum Gasteiger partial charge on any atom is -0.746 e. The van der Waals surface area contributed by atoms with Gasteiger partial charge in [0.15, 0.2) is 30.9 Å². The smallest absolute Gasteiger partial charge is 0.382 e. The molecule has 42 heavy (non-hydrogen) atoms. The van der Waals surface area contributed by atoms with Crippen LogP contribution in [0.4, 0.5) is 74.6 Å². The van der Waals surface area contributed by atoms with Gasteiger partial charge in [0.1, 0.15) is 10.1 Å². The van der Waals surface area contributed by atoms with Gasteiger partial charge in [-0.3, -0.25) is 0 Å². The summed E-state index contributed by atoms with van der Waals surface area (Å²) >= 11 is 0. The Hall–Kier alpha value is -1.32. The van der Waals surface area contributed by atoms with Crippen LogP contribution in [-0.4, -0.2) is 116 Å². The SMILES string of the molecule is CC[N+](CC)(CC)CC.O=S(=O)([O-])C(F)C(F)(F)C(F)(F)C(F)(F)C(F)(F)C(F)C(F)C(F)C(F)C(F)C(F)C(F)F. The highest BCUT2D eigenvalue weighted by Crippen LogP contribution is 2.56. The first-order valence-electron chi connectivity index (χ1n) is 11.6. The summed E-state index contributed by atoms with van der Waals surface area (Å²) in [5.74, 6) is -31.3. The second-order valence-corrected chi connectivity index (χ2v) is 10.2. The van der Waals surface area contributed by atoms with Gasteiger partial charge in [0.2, 0.25) is 6.17 Å². The molecule has 0 heterocycles. The van der Waals surface area contributed by atoms with Crippen LogP contribution in [0.2, 0.25) is 0 Å². The quantitative estimate of drug-likeness (QED) is 0.105. The average Bonchev–Trinajstić information content (AvgIpc) is 2.90. The molecule has 0 bridgehead atoms. The van der Waals surface area contributed by atoms with E-state index in [1.54, 1.807) is 0 Å². The Kier molecular flexibility index (Phi) is 15.4. The Morgan fingerprint density at radius 1 is 0.548 bits per heavy atom. The van der Waals surface area contributed by atoms with Gasteiger partial charge in [-0.05, 0) is 27.7 Å². The Bertz CT molecular complexity index is 902. The second kappa shape index (κ2) is 15.1. The molecule has 0 aromatic carbocycles. The van der Waals surface area contributed by atoms with Crippen molar-refractivity contribution in [3.05, 3.63) is 0 Å². The first kappa shape index (κ1) is 42.8. The minimum absolute atomic E-state index is 1.28. The maximum Gasteiger partial charge on any atom is 0.382 e. The molecule has 0 amide bonds. The lowest BCUT2D eigenvalue weighted by Gasteiger charge is -2.39. The molecule has 7 atom stereocenters. The fourth-order valence-electron chi connectivity index (χ4n) is 3.28. The molecular weight excluding hydrogens is 657 g/mol. The fraction of sp³-hybridized carbons (Fsp3) is 1.00. The number of alkyl halides is 17. The van der Waals surface area contributed by atoms with Crippen LogP contribution in [0.5, 0.6) is 0 Å². The standard InChI is InChI=1S/C12H9F17O3S.C8H20N/c13-1(3(15)5(17)7(19)20)2(14)4(16)6(18)9(22,23)11(26,27)12(28,29)10(24,25)8(21)33(30,31)32;1-5-9(6-2,7-3)8-4/h1-8H,(H,30,31,32);5-8H2,1-4H3/q;+1/p-1. The zero-order chi connectivity index (χ0) is 34.4. The Morgan fingerprint density at radius 3 is 1.10 bits per heavy atom. The summed E-state index contributed by atoms with van der Waals surface area (Å²) in [7, 11) is -7.28. The molecule has 0 spiro atoms. The van der Waals surface area contributed by atoms with Crippen LogP contribution in [0.15, 0.2) is 0 Å². The largest absolute Gasteiger partial charge is 0.746 e. The van der Waals surface area contributed by atoms with Crippen LogP contribution >= 0.6 is 0 Å². The van der Waals surface area contributed by atoms with Gasteiger partial charge in [-0.1, -0.05) is 0 Å². The van der Waals surface area contributed by atoms with Crippen LogP contribution in [0.25, 0.3) is 0 Å². The van der Waals surface area contributed by atoms with Gasteiger partial charge in [-0.2, -0.15) is 35.1 Å². The predicted octanol–water partition coefficient (Wildman–Crippen LogP) is 6.54. The molecule has 7 unspecified atom stereocenters. The lowest BCUT2D eigenvalue weighted by atomic mass is 9.91. The first-order chi connectivity index (χ1) is 18.6. The maximum absolute atomic E-state index is 13.4. The van der Waals surface area contributed by atoms with Crippen molar-refractivity contribution in [2.75, 3.05) is 26.2 Å². The van der Waals surface area contributed by atoms with Gasteiger partial charge < -0.3 is 9.04 Å². The third-order valence-electron chi connectivity index (χ3n) is 6.54. The topological polar surface area (TPSA) is 57.2 Å². The van der Waals surface area contributed by atoms with E-state index in [1.807, 2.05) is 0 Å². The monoisotopic (exact) mass is 685 g/mol. The molecule has 0 saturated heterocycles. The maximum atomic E-state index is 13.4. The van der Waals surface area contributed by atoms with Crippen molar-refractivity contribution in [1.29, 1.82) is 0 Å². The summed E-state index contributed by atoms with van der Waals surface area (Å²) in [4.78, 5) is 0. The van der Waals surface area contributed by atoms with Crippen molar-refractivity contribution in [2.24, 2.45) is 0 Å². The van der Waals surface area contributed by atoms with Gasteiger partial charge in [-0.15, -0.1) is 0 Å². The molecule has 256 valence electrons. The average molecular weight is 685 g/mol. The summed E-state index contributed by atoms with van der Waals surface area (Å²) in [6.07, 6.45) is -33.9. The molecule has 0 saturated carbocycles. The Morgan fingerprint density at radius 2 is 0.833 bits per heavy atom. The minimum atomic E-state index is -8.07. The van der Waals surface area contributed by atoms with E-state index in [-0.39, 0.29) is 0 Å². The fourth-order valence-corrected chi connectivity index (χ4v) is 3.80. The van der Waals surface area contributed by atoms with E-state index in [9.17, 15) is 87.6 Å². The van der Waals surface area contributed by atoms with Crippen molar-refractivity contribution >= 4 is 10.1 Å². The summed E-state index contributed by atoms with van der Waals surface area (Å²) < 4.78 is 253. The van der Waals surface area contributed by atoms with E-state index in [0.29, 0.717) is 0 Å². The molecular formula is C20H28F17NO3S. The van der Waals surface area contributed by atoms with Gasteiger partial charge in [0.05, 0.1) is 26.2 Å². The summed E-state index contributed by atoms with van der Waals surface area (Å²) in [5.41, 5.74) is -5.87. The van der Waals surface area contributed by atoms with E-state index in [0.717, 1.165) is 0 Å². The number of hydrogen-bond acceptors (Lipinski definition) is 3. The van der Waals surface area contributed by atoms with Crippen molar-refractivity contribution in [3.8, 4) is 0 Å². The third kappa shape index (κ3) is 8.65. The molecule has 0 radical (unpaired) electrons. The molecule has 22 heteroatoms. The van der Waals surface area contributed by atoms with Crippen LogP contribution in [0.1, 0.15) is 27.7 Å². The molecule has 0 rings (SSSR count). The van der Waals surface area contributed by atoms with E-state index < -0.39 is 82.8 Å². The molecule has 0 aliphatic rings. The van der Waals surface area contributed by atoms with Crippen molar-refractivity contribution in [1.82, 2.24) is 0 Å². The van der Waals surface area contributed by atoms with Crippen LogP contribution < -0.4 is 0 Å². The van der Waals surface area contributed by atoms with Gasteiger partial charge in [0, 0.05) is 0 Å². The highest BCUT2D eigenvalue weighted by atomic mass is 32.2. The molecule has 0 aliphatic carbocycles. The lowest BCUT2D eigenvalue weighted by Crippen LogP contribution is -2.69. The number of quaternary nitrogens is 1. The summed E-state index contributed by atoms with van der Waals surface area (Å²) in [6.45, 7) is 14.2. The molecule has 0 fully saturated rings. The zero-order valence-corrected chi connectivity index (χ0v) is 22.8. The Labute approximate surface area is 229 Å². The van der Waals surface area contributed by atoms with E-state index in [2.05, 4.69) is 27.7 Å². The summed E-state index contributed by atoms with van der Waals surface area (Å²) in [6, 6.07) is 0. The van der Waals surface area contributed by atoms with Crippen molar-refractivity contribution in [3.63, 3.8) is 0 Å². The molecule has 0 aromatic heterocycles. The normalized spacial score (nSPS) is 19.3. The molecule has 0 aromatic rings. The van der Waals surface area contributed by atoms with E-state index in [4.69, 9.17) is 0 Å². The third-order valence-corrected chi connectivity index (χ3v) is 7.34. The van der Waals surface area contributed by atoms with Crippen LogP contribution in [-0.2, 0) is 10.1 Å². The molecule has 4 nitrogen and oxygen atoms in total. The molecule has 0 aliphatic heterocycles. The highest BCUT2D eigenvalue weighted by Gasteiger charge is 2.85. The highest BCUT2D eigenvalue weighted by molar-refractivity contribution is 7.86. The Balaban J connectivity index is 0. The van der Waals surface area contributed by atoms with Crippen LogP contribution in [0, 0.1) is 0 Å². The van der Waals surface area contributed by atoms with Gasteiger partial charge in [-0.25, -0.2) is 47.9 Å². The first-order valence-corrected chi connectivity index (χ1v) is 13.1. The second-order valence-electron chi connectivity index (χ2n) is 8.77. The lowest BCUT2D eigenvalue weighted by molar-refractivity contribution is -0.921. The zero-order valence-electron chi connectivity index (χ0n) is 22.0. The summed E-state index contributed by atoms with van der Waals surface area (Å²) in [5, 5.41) is 0. The number of rotatable bonds is 16. The molecule has 0 N–H and O–H groups in total. The number of halogens is 17. The van der Waals surface area contributed by atoms with Crippen LogP contribution in [0.3, 0.4) is 0 Å². The van der Waals surface area contributed by atoms with Gasteiger partial charge >= 0.3 is 23.7 Å². The number of nitrogens with zero attached hydrogens (tertiary/aromatic N) is 1. The predicted molar refractivity (Wildman–Crippen MR) is 112 cm³/mol. The van der Waals surface area contributed by atoms with E-state index >= 15 is 0 Å².